The standard InChI is InChI=1S/C17H20N4O4/c1-9-16-11(7-15(23)19-17(16)21(2)20-9)10-4-5-12(13(6-10)24-3)25-8-14(18)22/h4-6,11H,7-8H2,1-3H3,(H2,18,22)(H,19,23)/t11-/m1/s1. The van der Waals surface area contributed by atoms with Crippen LogP contribution < -0.4 is 20.5 Å². The highest BCUT2D eigenvalue weighted by molar-refractivity contribution is 5.94. The Balaban J connectivity index is 2.00. The molecule has 0 unspecified atom stereocenters. The summed E-state index contributed by atoms with van der Waals surface area (Å²) in [5.74, 6) is 0.865. The molecule has 8 heteroatoms. The van der Waals surface area contributed by atoms with E-state index in [0.29, 0.717) is 23.7 Å². The van der Waals surface area contributed by atoms with Crippen molar-refractivity contribution in [1.29, 1.82) is 0 Å². The van der Waals surface area contributed by atoms with Crippen LogP contribution >= 0.6 is 0 Å². The summed E-state index contributed by atoms with van der Waals surface area (Å²) >= 11 is 0. The minimum atomic E-state index is -0.564. The first-order valence-corrected chi connectivity index (χ1v) is 7.83. The Hall–Kier alpha value is -3.03. The lowest BCUT2D eigenvalue weighted by molar-refractivity contribution is -0.120. The van der Waals surface area contributed by atoms with Crippen molar-refractivity contribution in [2.75, 3.05) is 19.0 Å². The molecule has 0 radical (unpaired) electrons. The minimum Gasteiger partial charge on any atom is -0.493 e. The molecule has 1 aliphatic heterocycles. The number of carbonyl (C=O) groups is 2. The minimum absolute atomic E-state index is 0.0616. The number of methoxy groups -OCH3 is 1. The highest BCUT2D eigenvalue weighted by Crippen LogP contribution is 2.41. The summed E-state index contributed by atoms with van der Waals surface area (Å²) in [5, 5.41) is 7.28. The van der Waals surface area contributed by atoms with E-state index in [9.17, 15) is 9.59 Å². The van der Waals surface area contributed by atoms with Crippen molar-refractivity contribution >= 4 is 17.6 Å². The number of fused-ring (bicyclic) bond motifs is 1. The number of nitrogens with zero attached hydrogens (tertiary/aromatic N) is 2. The Morgan fingerprint density at radius 3 is 2.88 bits per heavy atom. The van der Waals surface area contributed by atoms with Crippen molar-refractivity contribution < 1.29 is 19.1 Å². The summed E-state index contributed by atoms with van der Waals surface area (Å²) in [6, 6.07) is 5.39. The van der Waals surface area contributed by atoms with Gasteiger partial charge in [0, 0.05) is 24.9 Å². The molecule has 0 fully saturated rings. The number of aryl methyl sites for hydroxylation is 2. The van der Waals surface area contributed by atoms with Crippen molar-refractivity contribution in [1.82, 2.24) is 9.78 Å². The number of aromatic nitrogens is 2. The van der Waals surface area contributed by atoms with Crippen LogP contribution in [0.3, 0.4) is 0 Å². The average Bonchev–Trinajstić information content (AvgIpc) is 2.86. The van der Waals surface area contributed by atoms with E-state index in [1.165, 1.54) is 7.11 Å². The Bertz CT molecular complexity index is 843. The molecule has 2 aromatic rings. The van der Waals surface area contributed by atoms with Crippen LogP contribution in [0.5, 0.6) is 11.5 Å². The number of nitrogens with one attached hydrogen (secondary N) is 1. The lowest BCUT2D eigenvalue weighted by atomic mass is 9.85. The molecule has 2 heterocycles. The van der Waals surface area contributed by atoms with Gasteiger partial charge in [-0.2, -0.15) is 5.10 Å². The summed E-state index contributed by atoms with van der Waals surface area (Å²) in [5.41, 5.74) is 7.89. The Kier molecular flexibility index (Phi) is 4.35. The first kappa shape index (κ1) is 16.8. The Morgan fingerprint density at radius 2 is 2.20 bits per heavy atom. The van der Waals surface area contributed by atoms with Gasteiger partial charge in [-0.05, 0) is 24.6 Å². The largest absolute Gasteiger partial charge is 0.493 e. The molecule has 1 aliphatic rings. The van der Waals surface area contributed by atoms with Gasteiger partial charge >= 0.3 is 0 Å². The third kappa shape index (κ3) is 3.15. The molecule has 0 spiro atoms. The van der Waals surface area contributed by atoms with Crippen LogP contribution in [0.25, 0.3) is 0 Å². The van der Waals surface area contributed by atoms with E-state index in [1.807, 2.05) is 19.1 Å². The van der Waals surface area contributed by atoms with Crippen LogP contribution in [0.4, 0.5) is 5.82 Å². The van der Waals surface area contributed by atoms with E-state index >= 15 is 0 Å². The molecule has 0 bridgehead atoms. The van der Waals surface area contributed by atoms with Crippen LogP contribution in [0.2, 0.25) is 0 Å². The summed E-state index contributed by atoms with van der Waals surface area (Å²) in [7, 11) is 3.32. The third-order valence-corrected chi connectivity index (χ3v) is 4.22. The molecular formula is C17H20N4O4. The summed E-state index contributed by atoms with van der Waals surface area (Å²) in [6.07, 6.45) is 0.324. The molecule has 132 valence electrons. The molecule has 3 rings (SSSR count). The van der Waals surface area contributed by atoms with Gasteiger partial charge in [-0.1, -0.05) is 6.07 Å². The number of carbonyl (C=O) groups excluding carboxylic acids is 2. The number of anilines is 1. The zero-order valence-corrected chi connectivity index (χ0v) is 14.3. The second kappa shape index (κ2) is 6.46. The van der Waals surface area contributed by atoms with Crippen LogP contribution in [0.1, 0.15) is 29.2 Å². The van der Waals surface area contributed by atoms with Gasteiger partial charge in [-0.3, -0.25) is 14.3 Å². The highest BCUT2D eigenvalue weighted by atomic mass is 16.5. The van der Waals surface area contributed by atoms with E-state index in [-0.39, 0.29) is 18.4 Å². The normalized spacial score (nSPS) is 16.1. The fraction of sp³-hybridized carbons (Fsp3) is 0.353. The van der Waals surface area contributed by atoms with Gasteiger partial charge < -0.3 is 20.5 Å². The predicted molar refractivity (Wildman–Crippen MR) is 90.7 cm³/mol. The summed E-state index contributed by atoms with van der Waals surface area (Å²) in [6.45, 7) is 1.69. The molecule has 0 saturated heterocycles. The molecule has 1 aromatic heterocycles. The number of nitrogens with two attached hydrogens (primary N) is 1. The molecule has 3 N–H and O–H groups in total. The number of hydrogen-bond donors (Lipinski definition) is 2. The Labute approximate surface area is 144 Å². The quantitative estimate of drug-likeness (QED) is 0.843. The van der Waals surface area contributed by atoms with Gasteiger partial charge in [0.05, 0.1) is 12.8 Å². The van der Waals surface area contributed by atoms with E-state index < -0.39 is 5.91 Å². The van der Waals surface area contributed by atoms with E-state index in [4.69, 9.17) is 15.2 Å². The fourth-order valence-corrected chi connectivity index (χ4v) is 3.16. The SMILES string of the molecule is COc1cc([C@H]2CC(=O)Nc3c2c(C)nn3C)ccc1OCC(N)=O. The molecular weight excluding hydrogens is 324 g/mol. The maximum absolute atomic E-state index is 12.1. The van der Waals surface area contributed by atoms with Crippen molar-refractivity contribution in [3.05, 3.63) is 35.0 Å². The van der Waals surface area contributed by atoms with E-state index in [1.54, 1.807) is 17.8 Å². The van der Waals surface area contributed by atoms with Crippen molar-refractivity contribution in [3.8, 4) is 11.5 Å². The lowest BCUT2D eigenvalue weighted by Crippen LogP contribution is -2.24. The Morgan fingerprint density at radius 1 is 1.44 bits per heavy atom. The van der Waals surface area contributed by atoms with Crippen LogP contribution in [0.15, 0.2) is 18.2 Å². The first-order valence-electron chi connectivity index (χ1n) is 7.83. The molecule has 25 heavy (non-hydrogen) atoms. The predicted octanol–water partition coefficient (Wildman–Crippen LogP) is 1.08. The van der Waals surface area contributed by atoms with E-state index in [0.717, 1.165) is 16.8 Å². The number of benzene rings is 1. The smallest absolute Gasteiger partial charge is 0.255 e. The number of rotatable bonds is 5. The number of ether oxygens (including phenoxy) is 2. The zero-order valence-electron chi connectivity index (χ0n) is 14.3. The highest BCUT2D eigenvalue weighted by Gasteiger charge is 2.32. The average molecular weight is 344 g/mol. The number of amides is 2. The third-order valence-electron chi connectivity index (χ3n) is 4.22. The molecule has 1 atom stereocenters. The second-order valence-electron chi connectivity index (χ2n) is 5.94. The van der Waals surface area contributed by atoms with Gasteiger partial charge in [0.15, 0.2) is 18.1 Å². The van der Waals surface area contributed by atoms with Crippen molar-refractivity contribution in [3.63, 3.8) is 0 Å². The van der Waals surface area contributed by atoms with Crippen LogP contribution in [-0.4, -0.2) is 35.3 Å². The maximum atomic E-state index is 12.1. The van der Waals surface area contributed by atoms with Gasteiger partial charge in [0.1, 0.15) is 5.82 Å². The summed E-state index contributed by atoms with van der Waals surface area (Å²) < 4.78 is 12.4. The lowest BCUT2D eigenvalue weighted by Gasteiger charge is -2.24. The van der Waals surface area contributed by atoms with Crippen molar-refractivity contribution in [2.24, 2.45) is 12.8 Å². The molecule has 8 nitrogen and oxygen atoms in total. The van der Waals surface area contributed by atoms with E-state index in [2.05, 4.69) is 10.4 Å². The molecule has 1 aromatic carbocycles. The number of hydrogen-bond acceptors (Lipinski definition) is 5. The zero-order chi connectivity index (χ0) is 18.1. The van der Waals surface area contributed by atoms with Crippen LogP contribution in [-0.2, 0) is 16.6 Å². The summed E-state index contributed by atoms with van der Waals surface area (Å²) in [4.78, 5) is 23.0. The van der Waals surface area contributed by atoms with Gasteiger partial charge in [-0.15, -0.1) is 0 Å². The van der Waals surface area contributed by atoms with Crippen LogP contribution in [0, 0.1) is 6.92 Å². The topological polar surface area (TPSA) is 108 Å². The van der Waals surface area contributed by atoms with Gasteiger partial charge in [0.2, 0.25) is 5.91 Å². The van der Waals surface area contributed by atoms with Gasteiger partial charge in [-0.25, -0.2) is 0 Å². The van der Waals surface area contributed by atoms with Crippen molar-refractivity contribution in [2.45, 2.75) is 19.3 Å². The number of primary amides is 1. The van der Waals surface area contributed by atoms with Gasteiger partial charge in [0.25, 0.3) is 5.91 Å². The molecule has 0 aliphatic carbocycles. The first-order chi connectivity index (χ1) is 11.9. The second-order valence-corrected chi connectivity index (χ2v) is 5.94. The molecule has 2 amide bonds. The molecule has 0 saturated carbocycles. The maximum Gasteiger partial charge on any atom is 0.255 e. The monoisotopic (exact) mass is 344 g/mol. The fourth-order valence-electron chi connectivity index (χ4n) is 3.16.